The maximum atomic E-state index is 14.5. The molecule has 0 bridgehead atoms. The predicted octanol–water partition coefficient (Wildman–Crippen LogP) is 1.77. The molecule has 0 aromatic heterocycles. The van der Waals surface area contributed by atoms with Crippen LogP contribution in [0.15, 0.2) is 54.6 Å². The van der Waals surface area contributed by atoms with Crippen LogP contribution in [0.1, 0.15) is 63.5 Å². The summed E-state index contributed by atoms with van der Waals surface area (Å²) in [4.78, 5) is 102. The molecule has 0 radical (unpaired) electrons. The fraction of sp³-hybridized carbons (Fsp3) is 0.525. The molecular formula is C40H49ClN6O8. The van der Waals surface area contributed by atoms with Crippen LogP contribution in [0.5, 0.6) is 0 Å². The third kappa shape index (κ3) is 9.29. The second-order valence-electron chi connectivity index (χ2n) is 15.1. The number of ether oxygens (including phenoxy) is 1. The van der Waals surface area contributed by atoms with E-state index in [1.807, 2.05) is 25.1 Å². The molecular weight excluding hydrogens is 728 g/mol. The van der Waals surface area contributed by atoms with Gasteiger partial charge in [-0.05, 0) is 68.6 Å². The first-order valence-corrected chi connectivity index (χ1v) is 19.5. The van der Waals surface area contributed by atoms with Crippen LogP contribution in [-0.4, -0.2) is 119 Å². The number of carbonyl (C=O) groups is 7. The van der Waals surface area contributed by atoms with E-state index in [2.05, 4.69) is 16.0 Å². The molecule has 4 heterocycles. The molecule has 294 valence electrons. The molecule has 1 unspecified atom stereocenters. The van der Waals surface area contributed by atoms with Crippen molar-refractivity contribution in [1.82, 2.24) is 30.7 Å². The van der Waals surface area contributed by atoms with Crippen molar-refractivity contribution in [3.63, 3.8) is 0 Å². The molecule has 15 heteroatoms. The zero-order valence-electron chi connectivity index (χ0n) is 31.2. The first-order valence-electron chi connectivity index (χ1n) is 19.2. The summed E-state index contributed by atoms with van der Waals surface area (Å²) in [5.41, 5.74) is 1.32. The monoisotopic (exact) mass is 776 g/mol. The maximum absolute atomic E-state index is 14.5. The smallest absolute Gasteiger partial charge is 0.328 e. The van der Waals surface area contributed by atoms with E-state index in [0.29, 0.717) is 55.7 Å². The molecule has 14 nitrogen and oxygen atoms in total. The number of hydrogen-bond donors (Lipinski definition) is 3. The van der Waals surface area contributed by atoms with Crippen molar-refractivity contribution >= 4 is 53.0 Å². The van der Waals surface area contributed by atoms with E-state index in [-0.39, 0.29) is 37.8 Å². The normalized spacial score (nSPS) is 27.0. The van der Waals surface area contributed by atoms with Gasteiger partial charge in [-0.3, -0.25) is 28.8 Å². The second kappa shape index (κ2) is 17.7. The van der Waals surface area contributed by atoms with E-state index in [1.165, 1.54) is 14.7 Å². The number of cyclic esters (lactones) is 1. The summed E-state index contributed by atoms with van der Waals surface area (Å²) in [6, 6.07) is 9.69. The average molecular weight is 777 g/mol. The highest BCUT2D eigenvalue weighted by Crippen LogP contribution is 2.28. The molecule has 0 spiro atoms. The fourth-order valence-electron chi connectivity index (χ4n) is 8.11. The van der Waals surface area contributed by atoms with Crippen LogP contribution in [0.3, 0.4) is 0 Å². The lowest BCUT2D eigenvalue weighted by atomic mass is 9.99. The van der Waals surface area contributed by atoms with Crippen molar-refractivity contribution in [3.8, 4) is 0 Å². The number of halogens is 1. The van der Waals surface area contributed by atoms with E-state index in [4.69, 9.17) is 16.3 Å². The van der Waals surface area contributed by atoms with Crippen LogP contribution in [0.25, 0.3) is 0 Å². The van der Waals surface area contributed by atoms with E-state index in [9.17, 15) is 33.6 Å². The molecule has 4 aliphatic heterocycles. The lowest BCUT2D eigenvalue weighted by Gasteiger charge is -2.39. The fourth-order valence-corrected chi connectivity index (χ4v) is 8.31. The van der Waals surface area contributed by atoms with Gasteiger partial charge in [-0.15, -0.1) is 0 Å². The molecule has 4 fully saturated rings. The van der Waals surface area contributed by atoms with Crippen LogP contribution in [0.2, 0.25) is 5.02 Å². The Labute approximate surface area is 325 Å². The topological polar surface area (TPSA) is 175 Å². The van der Waals surface area contributed by atoms with Crippen molar-refractivity contribution < 1.29 is 38.3 Å². The van der Waals surface area contributed by atoms with Gasteiger partial charge in [0.15, 0.2) is 0 Å². The number of nitrogens with one attached hydrogen (secondary N) is 3. The zero-order valence-corrected chi connectivity index (χ0v) is 32.0. The van der Waals surface area contributed by atoms with E-state index in [0.717, 1.165) is 5.56 Å². The first-order chi connectivity index (χ1) is 26.4. The Morgan fingerprint density at radius 3 is 2.29 bits per heavy atom. The number of amides is 6. The molecule has 0 aliphatic carbocycles. The Bertz CT molecular complexity index is 1790. The maximum Gasteiger partial charge on any atom is 0.328 e. The Kier molecular flexibility index (Phi) is 12.7. The number of nitrogens with zero attached hydrogens (tertiary/aromatic N) is 3. The highest BCUT2D eigenvalue weighted by atomic mass is 35.5. The molecule has 55 heavy (non-hydrogen) atoms. The number of rotatable bonds is 7. The SMILES string of the molecule is C[C@@H]1CC2C(=O)OC[C@H](NC(=O)[C@H](Cc3ccccc3)NC(=O)Cc3ccccc3Cl)C(=O)N3CCC[C@H]3C(=O)N3CCCC[C@H]3C(=O)N[C@@H](C)C(=O)N2C1. The largest absolute Gasteiger partial charge is 0.461 e. The highest BCUT2D eigenvalue weighted by molar-refractivity contribution is 6.31. The predicted molar refractivity (Wildman–Crippen MR) is 201 cm³/mol. The van der Waals surface area contributed by atoms with Crippen LogP contribution in [0, 0.1) is 5.92 Å². The molecule has 6 amide bonds. The van der Waals surface area contributed by atoms with E-state index in [1.54, 1.807) is 43.3 Å². The minimum absolute atomic E-state index is 0.0476. The van der Waals surface area contributed by atoms with Gasteiger partial charge >= 0.3 is 5.97 Å². The molecule has 4 aliphatic rings. The Balaban J connectivity index is 1.30. The third-order valence-corrected chi connectivity index (χ3v) is 11.3. The minimum atomic E-state index is -1.43. The molecule has 0 saturated carbocycles. The van der Waals surface area contributed by atoms with Gasteiger partial charge in [-0.2, -0.15) is 0 Å². The van der Waals surface area contributed by atoms with Crippen molar-refractivity contribution in [2.45, 2.75) is 101 Å². The lowest BCUT2D eigenvalue weighted by Crippen LogP contribution is -2.62. The van der Waals surface area contributed by atoms with Crippen molar-refractivity contribution in [2.24, 2.45) is 5.92 Å². The molecule has 6 rings (SSSR count). The van der Waals surface area contributed by atoms with E-state index < -0.39 is 78.4 Å². The standard InChI is InChI=1S/C40H49ClN6O8/c1-24-19-33-40(54)55-23-30(44-35(49)29(20-26-11-4-3-5-12-26)43-34(48)21-27-13-6-7-14-28(27)41)38(52)46-18-10-16-32(46)39(53)45-17-9-8-15-31(45)36(50)42-25(2)37(51)47(33)22-24/h3-7,11-14,24-25,29-33H,8-10,15-23H2,1-2H3,(H,42,50)(H,43,48)(H,44,49)/t24-,25+,29+,30+,31+,32+,33?/m1/s1. The van der Waals surface area contributed by atoms with E-state index >= 15 is 0 Å². The van der Waals surface area contributed by atoms with Gasteiger partial charge in [0.2, 0.25) is 35.4 Å². The Hall–Kier alpha value is -4.98. The average Bonchev–Trinajstić information content (AvgIpc) is 3.83. The van der Waals surface area contributed by atoms with Gasteiger partial charge < -0.3 is 35.4 Å². The van der Waals surface area contributed by atoms with Crippen LogP contribution in [-0.2, 0) is 51.1 Å². The summed E-state index contributed by atoms with van der Waals surface area (Å²) in [7, 11) is 0. The Morgan fingerprint density at radius 2 is 1.53 bits per heavy atom. The summed E-state index contributed by atoms with van der Waals surface area (Å²) < 4.78 is 5.75. The third-order valence-electron chi connectivity index (χ3n) is 11.0. The van der Waals surface area contributed by atoms with Crippen LogP contribution < -0.4 is 16.0 Å². The van der Waals surface area contributed by atoms with Crippen LogP contribution in [0.4, 0.5) is 0 Å². The summed E-state index contributed by atoms with van der Waals surface area (Å²) in [5, 5.41) is 8.74. The van der Waals surface area contributed by atoms with Gasteiger partial charge in [-0.25, -0.2) is 4.79 Å². The Morgan fingerprint density at radius 1 is 0.836 bits per heavy atom. The lowest BCUT2D eigenvalue weighted by molar-refractivity contribution is -0.158. The molecule has 3 N–H and O–H groups in total. The van der Waals surface area contributed by atoms with Gasteiger partial charge in [0, 0.05) is 31.1 Å². The molecule has 7 atom stereocenters. The summed E-state index contributed by atoms with van der Waals surface area (Å²) in [5.74, 6) is -3.92. The second-order valence-corrected chi connectivity index (χ2v) is 15.5. The molecule has 2 aromatic carbocycles. The first kappa shape index (κ1) is 39.7. The van der Waals surface area contributed by atoms with Gasteiger partial charge in [-0.1, -0.05) is 67.1 Å². The number of hydrogen-bond acceptors (Lipinski definition) is 8. The number of benzene rings is 2. The zero-order chi connectivity index (χ0) is 39.2. The number of esters is 1. The highest BCUT2D eigenvalue weighted by Gasteiger charge is 2.46. The summed E-state index contributed by atoms with van der Waals surface area (Å²) >= 11 is 6.31. The van der Waals surface area contributed by atoms with Crippen molar-refractivity contribution in [1.29, 1.82) is 0 Å². The molecule has 4 saturated heterocycles. The van der Waals surface area contributed by atoms with Crippen molar-refractivity contribution in [3.05, 3.63) is 70.7 Å². The van der Waals surface area contributed by atoms with Crippen LogP contribution >= 0.6 is 11.6 Å². The van der Waals surface area contributed by atoms with Gasteiger partial charge in [0.25, 0.3) is 0 Å². The quantitative estimate of drug-likeness (QED) is 0.357. The van der Waals surface area contributed by atoms with Gasteiger partial charge in [0.05, 0.1) is 6.42 Å². The number of piperidine rings is 1. The summed E-state index contributed by atoms with van der Waals surface area (Å²) in [6.45, 7) is 3.68. The van der Waals surface area contributed by atoms with Gasteiger partial charge in [0.1, 0.15) is 42.9 Å². The number of carbonyl (C=O) groups excluding carboxylic acids is 7. The molecule has 2 aromatic rings. The summed E-state index contributed by atoms with van der Waals surface area (Å²) in [6.07, 6.45) is 2.93. The number of fused-ring (bicyclic) bond motifs is 3. The van der Waals surface area contributed by atoms with Crippen molar-refractivity contribution in [2.75, 3.05) is 26.2 Å². The minimum Gasteiger partial charge on any atom is -0.461 e.